The van der Waals surface area contributed by atoms with Gasteiger partial charge in [-0.25, -0.2) is 14.3 Å². The molecule has 0 spiro atoms. The predicted octanol–water partition coefficient (Wildman–Crippen LogP) is 1.65. The summed E-state index contributed by atoms with van der Waals surface area (Å²) in [7, 11) is 2.41. The van der Waals surface area contributed by atoms with Gasteiger partial charge in [0.15, 0.2) is 11.5 Å². The van der Waals surface area contributed by atoms with E-state index in [0.29, 0.717) is 11.3 Å². The molecule has 0 aliphatic heterocycles. The Morgan fingerprint density at radius 3 is 2.09 bits per heavy atom. The number of carbonyl (C=O) groups excluding carboxylic acids is 3. The van der Waals surface area contributed by atoms with Crippen LogP contribution in [-0.4, -0.2) is 41.7 Å². The van der Waals surface area contributed by atoms with E-state index in [4.69, 9.17) is 0 Å². The Labute approximate surface area is 126 Å². The number of carbonyl (C=O) groups is 3. The Morgan fingerprint density at radius 2 is 1.59 bits per heavy atom. The Hall–Kier alpha value is -2.96. The third-order valence-electron chi connectivity index (χ3n) is 3.04. The number of Topliss-reactive ketones (excluding diaryl/α,β-unsaturated/α-hetero) is 1. The van der Waals surface area contributed by atoms with Crippen LogP contribution in [0.4, 0.5) is 0 Å². The van der Waals surface area contributed by atoms with Crippen LogP contribution in [0.15, 0.2) is 30.5 Å². The van der Waals surface area contributed by atoms with Crippen LogP contribution in [0.2, 0.25) is 0 Å². The maximum Gasteiger partial charge on any atom is 0.359 e. The first-order chi connectivity index (χ1) is 10.5. The minimum atomic E-state index is -0.737. The Balaban J connectivity index is 2.47. The summed E-state index contributed by atoms with van der Waals surface area (Å²) in [5.74, 6) is -1.48. The fourth-order valence-corrected chi connectivity index (χ4v) is 1.86. The second-order valence-corrected chi connectivity index (χ2v) is 4.42. The van der Waals surface area contributed by atoms with Crippen molar-refractivity contribution < 1.29 is 23.9 Å². The molecule has 0 fully saturated rings. The summed E-state index contributed by atoms with van der Waals surface area (Å²) in [6, 6.07) is 6.58. The van der Waals surface area contributed by atoms with Crippen LogP contribution in [0.3, 0.4) is 0 Å². The van der Waals surface area contributed by atoms with Gasteiger partial charge in [0.25, 0.3) is 0 Å². The monoisotopic (exact) mass is 302 g/mol. The van der Waals surface area contributed by atoms with Crippen LogP contribution in [0.1, 0.15) is 38.1 Å². The highest BCUT2D eigenvalue weighted by atomic mass is 16.5. The Kier molecular flexibility index (Phi) is 4.36. The zero-order chi connectivity index (χ0) is 16.3. The molecule has 0 N–H and O–H groups in total. The second kappa shape index (κ2) is 6.21. The van der Waals surface area contributed by atoms with Gasteiger partial charge in [0, 0.05) is 11.8 Å². The van der Waals surface area contributed by atoms with Crippen molar-refractivity contribution in [1.29, 1.82) is 0 Å². The molecule has 0 saturated heterocycles. The van der Waals surface area contributed by atoms with Crippen molar-refractivity contribution in [1.82, 2.24) is 9.78 Å². The van der Waals surface area contributed by atoms with E-state index in [-0.39, 0.29) is 17.0 Å². The fraction of sp³-hybridized carbons (Fsp3) is 0.200. The van der Waals surface area contributed by atoms with Crippen molar-refractivity contribution in [2.24, 2.45) is 0 Å². The summed E-state index contributed by atoms with van der Waals surface area (Å²) in [6.07, 6.45) is 1.38. The van der Waals surface area contributed by atoms with Crippen LogP contribution in [0, 0.1) is 0 Å². The van der Waals surface area contributed by atoms with Crippen LogP contribution in [0.5, 0.6) is 0 Å². The van der Waals surface area contributed by atoms with Crippen LogP contribution in [-0.2, 0) is 9.47 Å². The van der Waals surface area contributed by atoms with Crippen molar-refractivity contribution in [3.8, 4) is 5.69 Å². The summed E-state index contributed by atoms with van der Waals surface area (Å²) in [5, 5.41) is 4.05. The number of methoxy groups -OCH3 is 2. The second-order valence-electron chi connectivity index (χ2n) is 4.42. The van der Waals surface area contributed by atoms with E-state index in [1.165, 1.54) is 32.0 Å². The van der Waals surface area contributed by atoms with Gasteiger partial charge in [-0.3, -0.25) is 4.79 Å². The molecular formula is C15H14N2O5. The molecule has 0 atom stereocenters. The van der Waals surface area contributed by atoms with Gasteiger partial charge in [-0.2, -0.15) is 5.10 Å². The van der Waals surface area contributed by atoms with E-state index in [2.05, 4.69) is 14.6 Å². The summed E-state index contributed by atoms with van der Waals surface area (Å²) in [6.45, 7) is 1.47. The fourth-order valence-electron chi connectivity index (χ4n) is 1.86. The lowest BCUT2D eigenvalue weighted by Crippen LogP contribution is -2.10. The van der Waals surface area contributed by atoms with Gasteiger partial charge in [0.05, 0.1) is 19.9 Å². The molecule has 0 unspecified atom stereocenters. The molecule has 7 nitrogen and oxygen atoms in total. The van der Waals surface area contributed by atoms with Gasteiger partial charge < -0.3 is 9.47 Å². The molecule has 2 aromatic rings. The van der Waals surface area contributed by atoms with Crippen LogP contribution < -0.4 is 0 Å². The lowest BCUT2D eigenvalue weighted by atomic mass is 10.1. The normalized spacial score (nSPS) is 10.1. The first-order valence-corrected chi connectivity index (χ1v) is 6.35. The summed E-state index contributed by atoms with van der Waals surface area (Å²) < 4.78 is 10.6. The highest BCUT2D eigenvalue weighted by Crippen LogP contribution is 2.15. The van der Waals surface area contributed by atoms with E-state index >= 15 is 0 Å². The van der Waals surface area contributed by atoms with E-state index in [0.717, 1.165) is 0 Å². The lowest BCUT2D eigenvalue weighted by molar-refractivity contribution is 0.0552. The van der Waals surface area contributed by atoms with Crippen molar-refractivity contribution in [2.75, 3.05) is 14.2 Å². The number of ether oxygens (including phenoxy) is 2. The quantitative estimate of drug-likeness (QED) is 0.630. The summed E-state index contributed by atoms with van der Waals surface area (Å²) in [4.78, 5) is 34.7. The van der Waals surface area contributed by atoms with Gasteiger partial charge in [0.2, 0.25) is 0 Å². The lowest BCUT2D eigenvalue weighted by Gasteiger charge is -2.02. The van der Waals surface area contributed by atoms with E-state index < -0.39 is 11.9 Å². The van der Waals surface area contributed by atoms with Crippen molar-refractivity contribution in [3.63, 3.8) is 0 Å². The van der Waals surface area contributed by atoms with Crippen molar-refractivity contribution in [3.05, 3.63) is 47.3 Å². The molecule has 0 aliphatic rings. The van der Waals surface area contributed by atoms with Crippen molar-refractivity contribution in [2.45, 2.75) is 6.92 Å². The molecule has 114 valence electrons. The smallest absolute Gasteiger partial charge is 0.359 e. The molecule has 7 heteroatoms. The number of aromatic nitrogens is 2. The summed E-state index contributed by atoms with van der Waals surface area (Å²) >= 11 is 0. The molecule has 0 aliphatic carbocycles. The van der Waals surface area contributed by atoms with E-state index in [1.54, 1.807) is 24.3 Å². The van der Waals surface area contributed by atoms with Crippen LogP contribution >= 0.6 is 0 Å². The maximum atomic E-state index is 11.7. The molecule has 22 heavy (non-hydrogen) atoms. The number of rotatable bonds is 4. The largest absolute Gasteiger partial charge is 0.465 e. The van der Waals surface area contributed by atoms with E-state index in [9.17, 15) is 14.4 Å². The molecule has 1 aromatic carbocycles. The average Bonchev–Trinajstić information content (AvgIpc) is 2.98. The predicted molar refractivity (Wildman–Crippen MR) is 76.2 cm³/mol. The topological polar surface area (TPSA) is 87.5 Å². The molecule has 0 amide bonds. The van der Waals surface area contributed by atoms with E-state index in [1.807, 2.05) is 0 Å². The van der Waals surface area contributed by atoms with Gasteiger partial charge in [-0.1, -0.05) is 0 Å². The Bertz CT molecular complexity index is 697. The van der Waals surface area contributed by atoms with Crippen molar-refractivity contribution >= 4 is 17.7 Å². The zero-order valence-electron chi connectivity index (χ0n) is 12.3. The van der Waals surface area contributed by atoms with Gasteiger partial charge in [0.1, 0.15) is 5.56 Å². The number of benzene rings is 1. The minimum absolute atomic E-state index is 0.00462. The van der Waals surface area contributed by atoms with Gasteiger partial charge in [-0.15, -0.1) is 0 Å². The third kappa shape index (κ3) is 2.88. The maximum absolute atomic E-state index is 11.7. The number of esters is 2. The molecule has 0 bridgehead atoms. The van der Waals surface area contributed by atoms with Gasteiger partial charge in [-0.05, 0) is 31.2 Å². The number of ketones is 1. The molecule has 1 heterocycles. The molecule has 1 aromatic heterocycles. The molecule has 2 rings (SSSR count). The summed E-state index contributed by atoms with van der Waals surface area (Å²) in [5.41, 5.74) is 1.01. The zero-order valence-corrected chi connectivity index (χ0v) is 12.3. The number of nitrogens with zero attached hydrogens (tertiary/aromatic N) is 2. The number of hydrogen-bond acceptors (Lipinski definition) is 6. The first-order valence-electron chi connectivity index (χ1n) is 6.35. The molecule has 0 radical (unpaired) electrons. The number of hydrogen-bond donors (Lipinski definition) is 0. The average molecular weight is 302 g/mol. The SMILES string of the molecule is COC(=O)c1cn(-c2ccc(C(C)=O)cc2)nc1C(=O)OC. The molecular weight excluding hydrogens is 288 g/mol. The van der Waals surface area contributed by atoms with Gasteiger partial charge >= 0.3 is 11.9 Å². The highest BCUT2D eigenvalue weighted by Gasteiger charge is 2.23. The Morgan fingerprint density at radius 1 is 1.00 bits per heavy atom. The van der Waals surface area contributed by atoms with Crippen LogP contribution in [0.25, 0.3) is 5.69 Å². The third-order valence-corrected chi connectivity index (χ3v) is 3.04. The first kappa shape index (κ1) is 15.4. The minimum Gasteiger partial charge on any atom is -0.465 e. The molecule has 0 saturated carbocycles. The highest BCUT2D eigenvalue weighted by molar-refractivity contribution is 6.01. The standard InChI is InChI=1S/C15H14N2O5/c1-9(18)10-4-6-11(7-5-10)17-8-12(14(19)21-2)13(16-17)15(20)22-3/h4-8H,1-3H3.